The van der Waals surface area contributed by atoms with E-state index >= 15 is 0 Å². The lowest BCUT2D eigenvalue weighted by Crippen LogP contribution is -2.27. The standard InChI is InChI=1S/C14H26N6O/c1-5-8-21-13-17-11(19-15)16-12(18-13)20-7-6-10(9-20)14(2,3)4/h10H,5-9,15H2,1-4H3,(H,16,17,18,19). The second kappa shape index (κ2) is 6.43. The number of aromatic nitrogens is 3. The van der Waals surface area contributed by atoms with E-state index in [4.69, 9.17) is 10.6 Å². The Morgan fingerprint density at radius 2 is 2.10 bits per heavy atom. The van der Waals surface area contributed by atoms with Crippen LogP contribution in [0.25, 0.3) is 0 Å². The smallest absolute Gasteiger partial charge is 0.323 e. The summed E-state index contributed by atoms with van der Waals surface area (Å²) in [5, 5.41) is 0. The van der Waals surface area contributed by atoms with Crippen LogP contribution in [0.3, 0.4) is 0 Å². The van der Waals surface area contributed by atoms with E-state index in [1.54, 1.807) is 0 Å². The van der Waals surface area contributed by atoms with Gasteiger partial charge in [0.15, 0.2) is 0 Å². The Labute approximate surface area is 126 Å². The fraction of sp³-hybridized carbons (Fsp3) is 0.786. The monoisotopic (exact) mass is 294 g/mol. The summed E-state index contributed by atoms with van der Waals surface area (Å²) in [5.74, 6) is 7.04. The first-order chi connectivity index (χ1) is 9.94. The molecule has 0 radical (unpaired) electrons. The molecular weight excluding hydrogens is 268 g/mol. The molecule has 1 atom stereocenters. The van der Waals surface area contributed by atoms with E-state index in [0.717, 1.165) is 25.9 Å². The number of hydrazine groups is 1. The van der Waals surface area contributed by atoms with E-state index in [0.29, 0.717) is 30.4 Å². The zero-order valence-electron chi connectivity index (χ0n) is 13.4. The molecule has 0 amide bonds. The summed E-state index contributed by atoms with van der Waals surface area (Å²) in [6, 6.07) is 0.328. The molecule has 7 heteroatoms. The lowest BCUT2D eigenvalue weighted by molar-refractivity contribution is 0.263. The number of hydrogen-bond donors (Lipinski definition) is 2. The van der Waals surface area contributed by atoms with Crippen LogP contribution in [0.1, 0.15) is 40.5 Å². The second-order valence-electron chi connectivity index (χ2n) is 6.53. The largest absolute Gasteiger partial charge is 0.463 e. The van der Waals surface area contributed by atoms with Crippen LogP contribution in [-0.2, 0) is 0 Å². The number of ether oxygens (including phenoxy) is 1. The Balaban J connectivity index is 2.15. The van der Waals surface area contributed by atoms with Crippen molar-refractivity contribution in [3.63, 3.8) is 0 Å². The van der Waals surface area contributed by atoms with Crippen LogP contribution in [0.2, 0.25) is 0 Å². The zero-order valence-corrected chi connectivity index (χ0v) is 13.4. The molecule has 1 aromatic rings. The molecule has 2 rings (SSSR count). The summed E-state index contributed by atoms with van der Waals surface area (Å²) < 4.78 is 5.51. The number of nitrogens with one attached hydrogen (secondary N) is 1. The van der Waals surface area contributed by atoms with Crippen molar-refractivity contribution >= 4 is 11.9 Å². The predicted octanol–water partition coefficient (Wildman–Crippen LogP) is 1.82. The van der Waals surface area contributed by atoms with Crippen LogP contribution in [0.4, 0.5) is 11.9 Å². The highest BCUT2D eigenvalue weighted by atomic mass is 16.5. The lowest BCUT2D eigenvalue weighted by atomic mass is 9.80. The summed E-state index contributed by atoms with van der Waals surface area (Å²) in [4.78, 5) is 15.0. The van der Waals surface area contributed by atoms with Crippen LogP contribution >= 0.6 is 0 Å². The average molecular weight is 294 g/mol. The van der Waals surface area contributed by atoms with E-state index in [-0.39, 0.29) is 5.41 Å². The van der Waals surface area contributed by atoms with E-state index in [9.17, 15) is 0 Å². The average Bonchev–Trinajstić information content (AvgIpc) is 2.94. The third kappa shape index (κ3) is 3.93. The van der Waals surface area contributed by atoms with E-state index in [2.05, 4.69) is 46.0 Å². The highest BCUT2D eigenvalue weighted by molar-refractivity contribution is 5.38. The van der Waals surface area contributed by atoms with Gasteiger partial charge in [-0.2, -0.15) is 15.0 Å². The van der Waals surface area contributed by atoms with Gasteiger partial charge in [0.25, 0.3) is 0 Å². The molecule has 1 fully saturated rings. The summed E-state index contributed by atoms with van der Waals surface area (Å²) in [6.45, 7) is 11.3. The quantitative estimate of drug-likeness (QED) is 0.632. The molecule has 21 heavy (non-hydrogen) atoms. The molecule has 2 heterocycles. The maximum atomic E-state index is 5.51. The van der Waals surface area contributed by atoms with Gasteiger partial charge in [-0.3, -0.25) is 5.43 Å². The number of nitrogens with zero attached hydrogens (tertiary/aromatic N) is 4. The van der Waals surface area contributed by atoms with Crippen molar-refractivity contribution in [3.05, 3.63) is 0 Å². The van der Waals surface area contributed by atoms with Crippen LogP contribution < -0.4 is 20.9 Å². The van der Waals surface area contributed by atoms with E-state index in [1.807, 2.05) is 6.92 Å². The van der Waals surface area contributed by atoms with Gasteiger partial charge in [-0.15, -0.1) is 0 Å². The summed E-state index contributed by atoms with van der Waals surface area (Å²) in [6.07, 6.45) is 2.05. The van der Waals surface area contributed by atoms with Crippen LogP contribution in [0, 0.1) is 11.3 Å². The van der Waals surface area contributed by atoms with Gasteiger partial charge in [-0.05, 0) is 24.2 Å². The highest BCUT2D eigenvalue weighted by Gasteiger charge is 2.33. The minimum absolute atomic E-state index is 0.290. The van der Waals surface area contributed by atoms with Crippen LogP contribution in [0.15, 0.2) is 0 Å². The van der Waals surface area contributed by atoms with Gasteiger partial charge >= 0.3 is 6.01 Å². The second-order valence-corrected chi connectivity index (χ2v) is 6.53. The SMILES string of the molecule is CCCOc1nc(NN)nc(N2CCC(C(C)(C)C)C2)n1. The molecule has 118 valence electrons. The zero-order chi connectivity index (χ0) is 15.5. The van der Waals surface area contributed by atoms with Crippen molar-refractivity contribution < 1.29 is 4.74 Å². The van der Waals surface area contributed by atoms with Gasteiger partial charge in [-0.25, -0.2) is 5.84 Å². The third-order valence-corrected chi connectivity index (χ3v) is 3.86. The minimum Gasteiger partial charge on any atom is -0.463 e. The Bertz CT molecular complexity index is 473. The summed E-state index contributed by atoms with van der Waals surface area (Å²) >= 11 is 0. The van der Waals surface area contributed by atoms with Crippen molar-refractivity contribution in [2.24, 2.45) is 17.2 Å². The molecule has 0 spiro atoms. The van der Waals surface area contributed by atoms with Gasteiger partial charge in [-0.1, -0.05) is 27.7 Å². The Morgan fingerprint density at radius 3 is 2.67 bits per heavy atom. The van der Waals surface area contributed by atoms with E-state index in [1.165, 1.54) is 0 Å². The molecule has 0 saturated carbocycles. The van der Waals surface area contributed by atoms with Crippen molar-refractivity contribution in [2.45, 2.75) is 40.5 Å². The van der Waals surface area contributed by atoms with E-state index < -0.39 is 0 Å². The van der Waals surface area contributed by atoms with Crippen molar-refractivity contribution in [3.8, 4) is 6.01 Å². The van der Waals surface area contributed by atoms with Gasteiger partial charge in [0.1, 0.15) is 0 Å². The Hall–Kier alpha value is -1.63. The predicted molar refractivity (Wildman–Crippen MR) is 83.2 cm³/mol. The first-order valence-electron chi connectivity index (χ1n) is 7.54. The van der Waals surface area contributed by atoms with Crippen molar-refractivity contribution in [2.75, 3.05) is 30.0 Å². The Morgan fingerprint density at radius 1 is 1.33 bits per heavy atom. The molecule has 0 aromatic carbocycles. The van der Waals surface area contributed by atoms with Gasteiger partial charge < -0.3 is 9.64 Å². The summed E-state index contributed by atoms with van der Waals surface area (Å²) in [7, 11) is 0. The van der Waals surface area contributed by atoms with Gasteiger partial charge in [0.2, 0.25) is 11.9 Å². The molecular formula is C14H26N6O. The highest BCUT2D eigenvalue weighted by Crippen LogP contribution is 2.35. The molecule has 1 unspecified atom stereocenters. The fourth-order valence-corrected chi connectivity index (χ4v) is 2.46. The first-order valence-corrected chi connectivity index (χ1v) is 7.54. The topological polar surface area (TPSA) is 89.2 Å². The van der Waals surface area contributed by atoms with Gasteiger partial charge in [0, 0.05) is 13.1 Å². The Kier molecular flexibility index (Phi) is 4.82. The maximum Gasteiger partial charge on any atom is 0.323 e. The van der Waals surface area contributed by atoms with Crippen molar-refractivity contribution in [1.29, 1.82) is 0 Å². The number of rotatable bonds is 5. The van der Waals surface area contributed by atoms with Crippen LogP contribution in [-0.4, -0.2) is 34.6 Å². The number of hydrogen-bond acceptors (Lipinski definition) is 7. The number of anilines is 2. The normalized spacial score (nSPS) is 18.9. The molecule has 1 aliphatic heterocycles. The molecule has 1 saturated heterocycles. The van der Waals surface area contributed by atoms with Crippen molar-refractivity contribution in [1.82, 2.24) is 15.0 Å². The lowest BCUT2D eigenvalue weighted by Gasteiger charge is -2.27. The molecule has 1 aliphatic rings. The first kappa shape index (κ1) is 15.8. The fourth-order valence-electron chi connectivity index (χ4n) is 2.46. The maximum absolute atomic E-state index is 5.51. The summed E-state index contributed by atoms with van der Waals surface area (Å²) in [5.41, 5.74) is 2.77. The molecule has 1 aromatic heterocycles. The van der Waals surface area contributed by atoms with Crippen LogP contribution in [0.5, 0.6) is 6.01 Å². The molecule has 3 N–H and O–H groups in total. The van der Waals surface area contributed by atoms with Gasteiger partial charge in [0.05, 0.1) is 6.61 Å². The molecule has 7 nitrogen and oxygen atoms in total. The number of nitrogens with two attached hydrogens (primary N) is 1. The molecule has 0 bridgehead atoms. The number of nitrogen functional groups attached to an aromatic ring is 1. The molecule has 0 aliphatic carbocycles. The third-order valence-electron chi connectivity index (χ3n) is 3.86. The minimum atomic E-state index is 0.290.